The van der Waals surface area contributed by atoms with Gasteiger partial charge in [-0.2, -0.15) is 0 Å². The summed E-state index contributed by atoms with van der Waals surface area (Å²) in [5.41, 5.74) is 3.74. The molecule has 0 fully saturated rings. The van der Waals surface area contributed by atoms with Crippen molar-refractivity contribution in [3.8, 4) is 11.1 Å². The second-order valence-electron chi connectivity index (χ2n) is 5.15. The fourth-order valence-corrected chi connectivity index (χ4v) is 2.28. The minimum Gasteiger partial charge on any atom is -0.385 e. The largest absolute Gasteiger partial charge is 0.385 e. The van der Waals surface area contributed by atoms with Crippen molar-refractivity contribution in [2.45, 2.75) is 19.4 Å². The van der Waals surface area contributed by atoms with Crippen molar-refractivity contribution >= 4 is 6.21 Å². The Morgan fingerprint density at radius 1 is 1.00 bits per heavy atom. The SMILES string of the molecule is CC1(C)ON=Cc2ccc(-c3ccc(F)cc3)cc21. The van der Waals surface area contributed by atoms with E-state index < -0.39 is 5.60 Å². The molecule has 3 heteroatoms. The van der Waals surface area contributed by atoms with Crippen LogP contribution < -0.4 is 0 Å². The van der Waals surface area contributed by atoms with E-state index in [0.717, 1.165) is 22.3 Å². The predicted molar refractivity (Wildman–Crippen MR) is 73.5 cm³/mol. The first kappa shape index (κ1) is 11.9. The van der Waals surface area contributed by atoms with Gasteiger partial charge in [0.05, 0.1) is 6.21 Å². The van der Waals surface area contributed by atoms with Crippen molar-refractivity contribution in [2.75, 3.05) is 0 Å². The Morgan fingerprint density at radius 2 is 1.68 bits per heavy atom. The maximum Gasteiger partial charge on any atom is 0.157 e. The minimum absolute atomic E-state index is 0.225. The van der Waals surface area contributed by atoms with Crippen LogP contribution in [-0.4, -0.2) is 6.21 Å². The van der Waals surface area contributed by atoms with Crippen LogP contribution in [0.15, 0.2) is 47.6 Å². The number of fused-ring (bicyclic) bond motifs is 1. The summed E-state index contributed by atoms with van der Waals surface area (Å²) in [4.78, 5) is 5.41. The lowest BCUT2D eigenvalue weighted by atomic mass is 9.89. The van der Waals surface area contributed by atoms with E-state index in [1.54, 1.807) is 18.3 Å². The van der Waals surface area contributed by atoms with Crippen LogP contribution in [-0.2, 0) is 10.4 Å². The van der Waals surface area contributed by atoms with Crippen molar-refractivity contribution in [2.24, 2.45) is 5.16 Å². The molecule has 0 spiro atoms. The highest BCUT2D eigenvalue weighted by Gasteiger charge is 2.28. The highest BCUT2D eigenvalue weighted by Crippen LogP contribution is 2.33. The maximum atomic E-state index is 13.0. The second-order valence-corrected chi connectivity index (χ2v) is 5.15. The molecule has 0 atom stereocenters. The van der Waals surface area contributed by atoms with E-state index in [-0.39, 0.29) is 5.82 Å². The number of hydrogen-bond donors (Lipinski definition) is 0. The fraction of sp³-hybridized carbons (Fsp3) is 0.188. The smallest absolute Gasteiger partial charge is 0.157 e. The third kappa shape index (κ3) is 2.12. The first-order chi connectivity index (χ1) is 9.06. The van der Waals surface area contributed by atoms with Crippen molar-refractivity contribution < 1.29 is 9.23 Å². The molecule has 0 N–H and O–H groups in total. The van der Waals surface area contributed by atoms with Gasteiger partial charge < -0.3 is 4.84 Å². The van der Waals surface area contributed by atoms with Gasteiger partial charge in [-0.15, -0.1) is 0 Å². The van der Waals surface area contributed by atoms with Crippen molar-refractivity contribution in [3.05, 3.63) is 59.4 Å². The topological polar surface area (TPSA) is 21.6 Å². The van der Waals surface area contributed by atoms with Gasteiger partial charge in [0, 0.05) is 11.1 Å². The molecule has 0 aromatic heterocycles. The van der Waals surface area contributed by atoms with Crippen LogP contribution >= 0.6 is 0 Å². The number of nitrogens with zero attached hydrogens (tertiary/aromatic N) is 1. The zero-order valence-corrected chi connectivity index (χ0v) is 10.9. The van der Waals surface area contributed by atoms with E-state index in [1.165, 1.54) is 12.1 Å². The summed E-state index contributed by atoms with van der Waals surface area (Å²) in [6.07, 6.45) is 1.72. The molecule has 2 nitrogen and oxygen atoms in total. The fourth-order valence-electron chi connectivity index (χ4n) is 2.28. The van der Waals surface area contributed by atoms with E-state index in [2.05, 4.69) is 11.2 Å². The zero-order valence-electron chi connectivity index (χ0n) is 10.9. The van der Waals surface area contributed by atoms with Crippen LogP contribution in [0.25, 0.3) is 11.1 Å². The number of halogens is 1. The summed E-state index contributed by atoms with van der Waals surface area (Å²) in [5, 5.41) is 3.91. The summed E-state index contributed by atoms with van der Waals surface area (Å²) >= 11 is 0. The van der Waals surface area contributed by atoms with Crippen LogP contribution in [0.5, 0.6) is 0 Å². The van der Waals surface area contributed by atoms with E-state index >= 15 is 0 Å². The number of hydrogen-bond acceptors (Lipinski definition) is 2. The van der Waals surface area contributed by atoms with Gasteiger partial charge in [0.25, 0.3) is 0 Å². The molecule has 0 saturated carbocycles. The Labute approximate surface area is 111 Å². The van der Waals surface area contributed by atoms with E-state index in [4.69, 9.17) is 4.84 Å². The molecule has 96 valence electrons. The molecule has 1 heterocycles. The average Bonchev–Trinajstić information content (AvgIpc) is 2.39. The van der Waals surface area contributed by atoms with Crippen LogP contribution in [0.1, 0.15) is 25.0 Å². The number of benzene rings is 2. The highest BCUT2D eigenvalue weighted by atomic mass is 19.1. The van der Waals surface area contributed by atoms with E-state index in [9.17, 15) is 4.39 Å². The summed E-state index contributed by atoms with van der Waals surface area (Å²) < 4.78 is 13.0. The molecule has 0 aliphatic carbocycles. The average molecular weight is 255 g/mol. The van der Waals surface area contributed by atoms with Gasteiger partial charge in [-0.1, -0.05) is 29.4 Å². The van der Waals surface area contributed by atoms with Gasteiger partial charge in [-0.05, 0) is 43.2 Å². The van der Waals surface area contributed by atoms with E-state index in [1.807, 2.05) is 26.0 Å². The molecule has 1 aliphatic heterocycles. The van der Waals surface area contributed by atoms with Crippen LogP contribution in [0.3, 0.4) is 0 Å². The third-order valence-corrected chi connectivity index (χ3v) is 3.35. The summed E-state index contributed by atoms with van der Waals surface area (Å²) in [6.45, 7) is 3.97. The van der Waals surface area contributed by atoms with Gasteiger partial charge in [0.1, 0.15) is 5.82 Å². The maximum absolute atomic E-state index is 13.0. The Hall–Kier alpha value is -2.16. The van der Waals surface area contributed by atoms with Gasteiger partial charge in [-0.3, -0.25) is 0 Å². The molecule has 19 heavy (non-hydrogen) atoms. The second kappa shape index (κ2) is 4.19. The molecule has 1 aliphatic rings. The number of rotatable bonds is 1. The summed E-state index contributed by atoms with van der Waals surface area (Å²) in [5.74, 6) is -0.225. The Morgan fingerprint density at radius 3 is 2.42 bits per heavy atom. The van der Waals surface area contributed by atoms with Crippen molar-refractivity contribution in [3.63, 3.8) is 0 Å². The molecular formula is C16H14FNO. The van der Waals surface area contributed by atoms with Gasteiger partial charge in [0.2, 0.25) is 0 Å². The van der Waals surface area contributed by atoms with Gasteiger partial charge in [-0.25, -0.2) is 4.39 Å². The Balaban J connectivity index is 2.11. The van der Waals surface area contributed by atoms with Crippen LogP contribution in [0, 0.1) is 5.82 Å². The van der Waals surface area contributed by atoms with Crippen molar-refractivity contribution in [1.29, 1.82) is 0 Å². The van der Waals surface area contributed by atoms with Crippen LogP contribution in [0.4, 0.5) is 4.39 Å². The molecule has 3 rings (SSSR count). The Bertz CT molecular complexity index is 644. The molecule has 2 aromatic rings. The summed E-state index contributed by atoms with van der Waals surface area (Å²) in [7, 11) is 0. The normalized spacial score (nSPS) is 15.7. The lowest BCUT2D eigenvalue weighted by Crippen LogP contribution is -2.24. The van der Waals surface area contributed by atoms with Gasteiger partial charge >= 0.3 is 0 Å². The lowest BCUT2D eigenvalue weighted by molar-refractivity contribution is -0.0212. The minimum atomic E-state index is -0.444. The van der Waals surface area contributed by atoms with Crippen molar-refractivity contribution in [1.82, 2.24) is 0 Å². The molecule has 0 unspecified atom stereocenters. The highest BCUT2D eigenvalue weighted by molar-refractivity contribution is 5.84. The first-order valence-electron chi connectivity index (χ1n) is 6.18. The standard InChI is InChI=1S/C16H14FNO/c1-16(2)15-9-12(3-4-13(15)10-18-19-16)11-5-7-14(17)8-6-11/h3-10H,1-2H3. The predicted octanol–water partition coefficient (Wildman–Crippen LogP) is 4.09. The molecule has 0 radical (unpaired) electrons. The monoisotopic (exact) mass is 255 g/mol. The molecular weight excluding hydrogens is 241 g/mol. The third-order valence-electron chi connectivity index (χ3n) is 3.35. The van der Waals surface area contributed by atoms with Crippen LogP contribution in [0.2, 0.25) is 0 Å². The first-order valence-corrected chi connectivity index (χ1v) is 6.18. The molecule has 0 saturated heterocycles. The summed E-state index contributed by atoms with van der Waals surface area (Å²) in [6, 6.07) is 12.6. The van der Waals surface area contributed by atoms with Gasteiger partial charge in [0.15, 0.2) is 5.60 Å². The molecule has 0 amide bonds. The molecule has 0 bridgehead atoms. The quantitative estimate of drug-likeness (QED) is 0.752. The molecule has 2 aromatic carbocycles. The van der Waals surface area contributed by atoms with E-state index in [0.29, 0.717) is 0 Å². The zero-order chi connectivity index (χ0) is 13.5. The lowest BCUT2D eigenvalue weighted by Gasteiger charge is -2.28. The number of oxime groups is 1. The Kier molecular flexibility index (Phi) is 2.63.